The summed E-state index contributed by atoms with van der Waals surface area (Å²) in [4.78, 5) is 24.1. The molecule has 1 heterocycles. The number of nitrogens with one attached hydrogen (secondary N) is 2. The lowest BCUT2D eigenvalue weighted by molar-refractivity contribution is -0.130. The highest BCUT2D eigenvalue weighted by atomic mass is 32.1. The van der Waals surface area contributed by atoms with Gasteiger partial charge in [-0.15, -0.1) is 11.3 Å². The van der Waals surface area contributed by atoms with Crippen LogP contribution in [0.3, 0.4) is 0 Å². The Bertz CT molecular complexity index is 365. The van der Waals surface area contributed by atoms with E-state index in [9.17, 15) is 9.59 Å². The predicted molar refractivity (Wildman–Crippen MR) is 65.9 cm³/mol. The van der Waals surface area contributed by atoms with Crippen molar-refractivity contribution in [1.82, 2.24) is 10.6 Å². The molecule has 6 heteroatoms. The molecule has 0 bridgehead atoms. The zero-order valence-corrected chi connectivity index (χ0v) is 10.7. The Labute approximate surface area is 104 Å². The fourth-order valence-corrected chi connectivity index (χ4v) is 2.13. The van der Waals surface area contributed by atoms with Gasteiger partial charge in [0, 0.05) is 25.5 Å². The first-order chi connectivity index (χ1) is 8.17. The van der Waals surface area contributed by atoms with E-state index in [-0.39, 0.29) is 18.4 Å². The number of thiophene rings is 1. The molecule has 1 aromatic rings. The Balaban J connectivity index is 2.60. The van der Waals surface area contributed by atoms with Crippen molar-refractivity contribution in [3.63, 3.8) is 0 Å². The molecule has 94 valence electrons. The summed E-state index contributed by atoms with van der Waals surface area (Å²) in [6.45, 7) is -0.0437. The quantitative estimate of drug-likeness (QED) is 0.762. The van der Waals surface area contributed by atoms with E-state index in [1.165, 1.54) is 7.11 Å². The third-order valence-corrected chi connectivity index (χ3v) is 3.06. The third kappa shape index (κ3) is 4.54. The zero-order valence-electron chi connectivity index (χ0n) is 9.86. The Morgan fingerprint density at radius 1 is 1.53 bits per heavy atom. The van der Waals surface area contributed by atoms with E-state index < -0.39 is 6.04 Å². The monoisotopic (exact) mass is 256 g/mol. The van der Waals surface area contributed by atoms with E-state index in [2.05, 4.69) is 10.6 Å². The van der Waals surface area contributed by atoms with E-state index in [1.807, 2.05) is 17.5 Å². The molecule has 0 saturated carbocycles. The summed E-state index contributed by atoms with van der Waals surface area (Å²) >= 11 is 1.56. The highest BCUT2D eigenvalue weighted by Crippen LogP contribution is 2.11. The number of carbonyl (C=O) groups excluding carboxylic acids is 2. The summed E-state index contributed by atoms with van der Waals surface area (Å²) in [7, 11) is 2.99. The molecule has 0 aliphatic rings. The summed E-state index contributed by atoms with van der Waals surface area (Å²) in [5.74, 6) is -0.500. The van der Waals surface area contributed by atoms with Crippen molar-refractivity contribution < 1.29 is 14.3 Å². The van der Waals surface area contributed by atoms with E-state index in [0.29, 0.717) is 6.42 Å². The summed E-state index contributed by atoms with van der Waals surface area (Å²) in [6.07, 6.45) is 0.493. The van der Waals surface area contributed by atoms with Gasteiger partial charge in [-0.1, -0.05) is 6.07 Å². The van der Waals surface area contributed by atoms with Gasteiger partial charge in [-0.2, -0.15) is 0 Å². The predicted octanol–water partition coefficient (Wildman–Crippen LogP) is 0.168. The van der Waals surface area contributed by atoms with Crippen molar-refractivity contribution in [3.8, 4) is 0 Å². The third-order valence-electron chi connectivity index (χ3n) is 2.16. The van der Waals surface area contributed by atoms with Gasteiger partial charge in [0.05, 0.1) is 0 Å². The van der Waals surface area contributed by atoms with E-state index >= 15 is 0 Å². The van der Waals surface area contributed by atoms with Crippen LogP contribution in [0.15, 0.2) is 17.5 Å². The molecule has 17 heavy (non-hydrogen) atoms. The molecule has 1 atom stereocenters. The molecule has 0 aromatic carbocycles. The number of hydrogen-bond acceptors (Lipinski definition) is 4. The fraction of sp³-hybridized carbons (Fsp3) is 0.455. The fourth-order valence-electron chi connectivity index (χ4n) is 1.38. The van der Waals surface area contributed by atoms with Crippen molar-refractivity contribution in [3.05, 3.63) is 22.4 Å². The first-order valence-electron chi connectivity index (χ1n) is 5.19. The normalized spacial score (nSPS) is 11.9. The maximum atomic E-state index is 11.6. The van der Waals surface area contributed by atoms with Crippen LogP contribution in [0.25, 0.3) is 0 Å². The van der Waals surface area contributed by atoms with E-state index in [4.69, 9.17) is 4.74 Å². The van der Waals surface area contributed by atoms with Crippen LogP contribution in [0, 0.1) is 0 Å². The Morgan fingerprint density at radius 3 is 2.82 bits per heavy atom. The average molecular weight is 256 g/mol. The van der Waals surface area contributed by atoms with E-state index in [1.54, 1.807) is 18.4 Å². The molecule has 0 aliphatic heterocycles. The number of likely N-dealkylation sites (N-methyl/N-ethyl adjacent to an activating group) is 1. The lowest BCUT2D eigenvalue weighted by Gasteiger charge is -2.16. The van der Waals surface area contributed by atoms with Crippen LogP contribution in [0.5, 0.6) is 0 Å². The number of amides is 2. The van der Waals surface area contributed by atoms with Crippen molar-refractivity contribution in [2.75, 3.05) is 20.8 Å². The van der Waals surface area contributed by atoms with Gasteiger partial charge in [-0.25, -0.2) is 0 Å². The van der Waals surface area contributed by atoms with Gasteiger partial charge in [0.1, 0.15) is 12.6 Å². The molecular formula is C11H16N2O3S. The van der Waals surface area contributed by atoms with Crippen molar-refractivity contribution in [1.29, 1.82) is 0 Å². The van der Waals surface area contributed by atoms with Crippen molar-refractivity contribution >= 4 is 23.2 Å². The lowest BCUT2D eigenvalue weighted by Crippen LogP contribution is -2.47. The van der Waals surface area contributed by atoms with Gasteiger partial charge >= 0.3 is 0 Å². The van der Waals surface area contributed by atoms with Crippen molar-refractivity contribution in [2.45, 2.75) is 12.5 Å². The largest absolute Gasteiger partial charge is 0.375 e. The summed E-state index contributed by atoms with van der Waals surface area (Å²) in [6, 6.07) is 3.29. The van der Waals surface area contributed by atoms with Crippen LogP contribution in [0.4, 0.5) is 0 Å². The van der Waals surface area contributed by atoms with Gasteiger partial charge in [0.25, 0.3) is 0 Å². The Kier molecular flexibility index (Phi) is 5.65. The second kappa shape index (κ2) is 7.03. The molecule has 1 rings (SSSR count). The van der Waals surface area contributed by atoms with Crippen LogP contribution in [0.2, 0.25) is 0 Å². The number of ether oxygens (including phenoxy) is 1. The molecule has 1 aromatic heterocycles. The first-order valence-corrected chi connectivity index (χ1v) is 6.07. The summed E-state index contributed by atoms with van der Waals surface area (Å²) < 4.78 is 4.71. The molecule has 2 N–H and O–H groups in total. The molecule has 5 nitrogen and oxygen atoms in total. The molecule has 0 saturated heterocycles. The molecule has 0 unspecified atom stereocenters. The van der Waals surface area contributed by atoms with Gasteiger partial charge < -0.3 is 15.4 Å². The average Bonchev–Trinajstić information content (AvgIpc) is 2.80. The molecule has 0 spiro atoms. The molecule has 2 amide bonds. The molecular weight excluding hydrogens is 240 g/mol. The molecule has 0 aliphatic carbocycles. The van der Waals surface area contributed by atoms with Gasteiger partial charge in [-0.3, -0.25) is 9.59 Å². The minimum atomic E-state index is -0.554. The second-order valence-electron chi connectivity index (χ2n) is 3.45. The molecule has 0 fully saturated rings. The number of methoxy groups -OCH3 is 1. The first kappa shape index (κ1) is 13.7. The number of carbonyl (C=O) groups is 2. The van der Waals surface area contributed by atoms with Gasteiger partial charge in [0.15, 0.2) is 0 Å². The zero-order chi connectivity index (χ0) is 12.7. The minimum absolute atomic E-state index is 0.0437. The lowest BCUT2D eigenvalue weighted by atomic mass is 10.1. The van der Waals surface area contributed by atoms with Crippen molar-refractivity contribution in [2.24, 2.45) is 0 Å². The summed E-state index contributed by atoms with van der Waals surface area (Å²) in [5, 5.41) is 7.11. The topological polar surface area (TPSA) is 67.4 Å². The van der Waals surface area contributed by atoms with Gasteiger partial charge in [0.2, 0.25) is 11.8 Å². The summed E-state index contributed by atoms with van der Waals surface area (Å²) in [5.41, 5.74) is 0. The highest BCUT2D eigenvalue weighted by Gasteiger charge is 2.20. The van der Waals surface area contributed by atoms with Gasteiger partial charge in [-0.05, 0) is 11.4 Å². The SMILES string of the molecule is CNC(=O)[C@H](Cc1cccs1)NC(=O)COC. The molecule has 0 radical (unpaired) electrons. The maximum Gasteiger partial charge on any atom is 0.246 e. The van der Waals surface area contributed by atoms with Crippen LogP contribution in [-0.2, 0) is 20.7 Å². The van der Waals surface area contributed by atoms with Crippen LogP contribution >= 0.6 is 11.3 Å². The highest BCUT2D eigenvalue weighted by molar-refractivity contribution is 7.09. The van der Waals surface area contributed by atoms with E-state index in [0.717, 1.165) is 4.88 Å². The Hall–Kier alpha value is -1.40. The second-order valence-corrected chi connectivity index (χ2v) is 4.48. The maximum absolute atomic E-state index is 11.6. The number of hydrogen-bond donors (Lipinski definition) is 2. The van der Waals surface area contributed by atoms with Crippen LogP contribution in [0.1, 0.15) is 4.88 Å². The Morgan fingerprint density at radius 2 is 2.29 bits per heavy atom. The smallest absolute Gasteiger partial charge is 0.246 e. The standard InChI is InChI=1S/C11H16N2O3S/c1-12-11(15)9(13-10(14)7-16-2)6-8-4-3-5-17-8/h3-5,9H,6-7H2,1-2H3,(H,12,15)(H,13,14)/t9-/m0/s1. The van der Waals surface area contributed by atoms with Crippen LogP contribution < -0.4 is 10.6 Å². The number of rotatable bonds is 6. The van der Waals surface area contributed by atoms with Crippen LogP contribution in [-0.4, -0.2) is 38.6 Å². The minimum Gasteiger partial charge on any atom is -0.375 e.